The molecule has 0 aliphatic rings. The zero-order chi connectivity index (χ0) is 16.8. The highest BCUT2D eigenvalue weighted by Crippen LogP contribution is 2.22. The van der Waals surface area contributed by atoms with Crippen LogP contribution in [-0.2, 0) is 12.8 Å². The van der Waals surface area contributed by atoms with Crippen molar-refractivity contribution in [3.05, 3.63) is 56.8 Å². The first-order chi connectivity index (χ1) is 11.8. The van der Waals surface area contributed by atoms with Crippen LogP contribution in [0.2, 0.25) is 0 Å². The van der Waals surface area contributed by atoms with Gasteiger partial charge in [0.2, 0.25) is 0 Å². The minimum Gasteiger partial charge on any atom is -0.361 e. The van der Waals surface area contributed by atoms with Crippen molar-refractivity contribution < 1.29 is 0 Å². The van der Waals surface area contributed by atoms with Crippen molar-refractivity contribution in [2.24, 2.45) is 4.99 Å². The number of aliphatic imine (C=N–C) groups is 1. The third-order valence-electron chi connectivity index (χ3n) is 3.88. The lowest BCUT2D eigenvalue weighted by Gasteiger charge is -2.11. The van der Waals surface area contributed by atoms with E-state index in [2.05, 4.69) is 79.1 Å². The van der Waals surface area contributed by atoms with E-state index in [1.165, 1.54) is 25.1 Å². The van der Waals surface area contributed by atoms with Crippen LogP contribution in [0.4, 0.5) is 0 Å². The Balaban J connectivity index is 1.44. The number of hydrogen-bond acceptors (Lipinski definition) is 2. The summed E-state index contributed by atoms with van der Waals surface area (Å²) < 4.78 is 1.18. The number of benzene rings is 1. The molecule has 126 valence electrons. The molecule has 4 nitrogen and oxygen atoms in total. The maximum Gasteiger partial charge on any atom is 0.190 e. The molecular formula is C18H21BrN4S. The molecule has 0 bridgehead atoms. The lowest BCUT2D eigenvalue weighted by Crippen LogP contribution is -2.39. The molecule has 0 amide bonds. The first-order valence-electron chi connectivity index (χ1n) is 8.00. The summed E-state index contributed by atoms with van der Waals surface area (Å²) >= 11 is 5.27. The second-order valence-electron chi connectivity index (χ2n) is 5.49. The lowest BCUT2D eigenvalue weighted by atomic mass is 10.1. The summed E-state index contributed by atoms with van der Waals surface area (Å²) in [6.07, 6.45) is 4.05. The summed E-state index contributed by atoms with van der Waals surface area (Å²) in [7, 11) is 1.81. The molecule has 3 aromatic rings. The van der Waals surface area contributed by atoms with E-state index >= 15 is 0 Å². The van der Waals surface area contributed by atoms with Crippen LogP contribution in [0.15, 0.2) is 51.4 Å². The zero-order valence-electron chi connectivity index (χ0n) is 13.6. The highest BCUT2D eigenvalue weighted by Gasteiger charge is 2.04. The minimum absolute atomic E-state index is 0.852. The van der Waals surface area contributed by atoms with Crippen molar-refractivity contribution in [2.75, 3.05) is 20.1 Å². The number of guanidine groups is 1. The predicted molar refractivity (Wildman–Crippen MR) is 107 cm³/mol. The Morgan fingerprint density at radius 1 is 1.12 bits per heavy atom. The number of nitrogens with one attached hydrogen (secondary N) is 3. The van der Waals surface area contributed by atoms with Gasteiger partial charge in [-0.2, -0.15) is 0 Å². The van der Waals surface area contributed by atoms with E-state index in [9.17, 15) is 0 Å². The largest absolute Gasteiger partial charge is 0.361 e. The lowest BCUT2D eigenvalue weighted by molar-refractivity contribution is 0.789. The molecule has 0 unspecified atom stereocenters. The van der Waals surface area contributed by atoms with Crippen molar-refractivity contribution >= 4 is 44.1 Å². The molecule has 2 aromatic heterocycles. The van der Waals surface area contributed by atoms with Gasteiger partial charge in [-0.25, -0.2) is 0 Å². The average Bonchev–Trinajstić information content (AvgIpc) is 3.20. The molecule has 1 aromatic carbocycles. The van der Waals surface area contributed by atoms with Gasteiger partial charge in [-0.1, -0.05) is 18.2 Å². The van der Waals surface area contributed by atoms with Gasteiger partial charge in [0.05, 0.1) is 3.79 Å². The summed E-state index contributed by atoms with van der Waals surface area (Å²) in [5.74, 6) is 0.852. The van der Waals surface area contributed by atoms with Gasteiger partial charge in [0, 0.05) is 42.1 Å². The predicted octanol–water partition coefficient (Wildman–Crippen LogP) is 3.94. The van der Waals surface area contributed by atoms with Gasteiger partial charge in [-0.05, 0) is 52.5 Å². The maximum atomic E-state index is 4.29. The Labute approximate surface area is 154 Å². The van der Waals surface area contributed by atoms with Gasteiger partial charge >= 0.3 is 0 Å². The number of para-hydroxylation sites is 1. The van der Waals surface area contributed by atoms with Crippen LogP contribution in [0, 0.1) is 0 Å². The van der Waals surface area contributed by atoms with Crippen molar-refractivity contribution in [1.29, 1.82) is 0 Å². The van der Waals surface area contributed by atoms with Crippen molar-refractivity contribution in [2.45, 2.75) is 12.8 Å². The Kier molecular flexibility index (Phi) is 5.93. The zero-order valence-corrected chi connectivity index (χ0v) is 16.0. The molecule has 6 heteroatoms. The number of rotatable bonds is 6. The molecule has 0 aliphatic carbocycles. The van der Waals surface area contributed by atoms with E-state index in [1.54, 1.807) is 11.3 Å². The smallest absolute Gasteiger partial charge is 0.190 e. The average molecular weight is 405 g/mol. The molecule has 0 atom stereocenters. The summed E-state index contributed by atoms with van der Waals surface area (Å²) in [5.41, 5.74) is 2.52. The summed E-state index contributed by atoms with van der Waals surface area (Å²) in [6, 6.07) is 12.6. The molecular weight excluding hydrogens is 384 g/mol. The van der Waals surface area contributed by atoms with E-state index in [0.717, 1.165) is 31.9 Å². The first-order valence-corrected chi connectivity index (χ1v) is 9.61. The highest BCUT2D eigenvalue weighted by atomic mass is 79.9. The second kappa shape index (κ2) is 8.35. The molecule has 2 heterocycles. The highest BCUT2D eigenvalue weighted by molar-refractivity contribution is 9.11. The molecule has 0 saturated heterocycles. The topological polar surface area (TPSA) is 52.2 Å². The number of fused-ring (bicyclic) bond motifs is 1. The number of thiophene rings is 1. The van der Waals surface area contributed by atoms with Crippen LogP contribution in [0.5, 0.6) is 0 Å². The SMILES string of the molecule is CN=C(NCCc1ccc(Br)s1)NCCc1c[nH]c2ccccc12. The quantitative estimate of drug-likeness (QED) is 0.430. The molecule has 3 rings (SSSR count). The normalized spacial score (nSPS) is 11.8. The number of aromatic nitrogens is 1. The van der Waals surface area contributed by atoms with Crippen LogP contribution < -0.4 is 10.6 Å². The fraction of sp³-hybridized carbons (Fsp3) is 0.278. The number of aromatic amines is 1. The minimum atomic E-state index is 0.852. The van der Waals surface area contributed by atoms with Crippen LogP contribution >= 0.6 is 27.3 Å². The van der Waals surface area contributed by atoms with E-state index < -0.39 is 0 Å². The molecule has 0 saturated carbocycles. The van der Waals surface area contributed by atoms with Gasteiger partial charge in [-0.3, -0.25) is 4.99 Å². The van der Waals surface area contributed by atoms with Crippen molar-refractivity contribution in [1.82, 2.24) is 15.6 Å². The number of H-pyrrole nitrogens is 1. The molecule has 0 aliphatic heterocycles. The summed E-state index contributed by atoms with van der Waals surface area (Å²) in [6.45, 7) is 1.73. The third-order valence-corrected chi connectivity index (χ3v) is 5.56. The number of halogens is 1. The second-order valence-corrected chi connectivity index (χ2v) is 8.04. The Morgan fingerprint density at radius 3 is 2.67 bits per heavy atom. The Hall–Kier alpha value is -1.79. The fourth-order valence-corrected chi connectivity index (χ4v) is 4.15. The summed E-state index contributed by atoms with van der Waals surface area (Å²) in [5, 5.41) is 8.05. The van der Waals surface area contributed by atoms with Crippen molar-refractivity contribution in [3.63, 3.8) is 0 Å². The van der Waals surface area contributed by atoms with Gasteiger partial charge in [0.1, 0.15) is 0 Å². The first kappa shape index (κ1) is 17.0. The van der Waals surface area contributed by atoms with Crippen LogP contribution in [0.25, 0.3) is 10.9 Å². The monoisotopic (exact) mass is 404 g/mol. The van der Waals surface area contributed by atoms with Crippen LogP contribution in [-0.4, -0.2) is 31.1 Å². The van der Waals surface area contributed by atoms with Gasteiger partial charge in [0.25, 0.3) is 0 Å². The standard InChI is InChI=1S/C18H21BrN4S/c1-20-18(22-11-9-14-6-7-17(19)24-14)21-10-8-13-12-23-16-5-3-2-4-15(13)16/h2-7,12,23H,8-11H2,1H3,(H2,20,21,22). The van der Waals surface area contributed by atoms with E-state index in [0.29, 0.717) is 0 Å². The van der Waals surface area contributed by atoms with Gasteiger partial charge < -0.3 is 15.6 Å². The molecule has 0 spiro atoms. The van der Waals surface area contributed by atoms with E-state index in [1.807, 2.05) is 7.05 Å². The molecule has 24 heavy (non-hydrogen) atoms. The molecule has 3 N–H and O–H groups in total. The fourth-order valence-electron chi connectivity index (χ4n) is 2.66. The van der Waals surface area contributed by atoms with Crippen molar-refractivity contribution in [3.8, 4) is 0 Å². The Bertz CT molecular complexity index is 821. The van der Waals surface area contributed by atoms with E-state index in [-0.39, 0.29) is 0 Å². The summed E-state index contributed by atoms with van der Waals surface area (Å²) in [4.78, 5) is 8.97. The number of hydrogen-bond donors (Lipinski definition) is 3. The Morgan fingerprint density at radius 2 is 1.92 bits per heavy atom. The van der Waals surface area contributed by atoms with Gasteiger partial charge in [-0.15, -0.1) is 11.3 Å². The van der Waals surface area contributed by atoms with Crippen LogP contribution in [0.1, 0.15) is 10.4 Å². The number of nitrogens with zero attached hydrogens (tertiary/aromatic N) is 1. The van der Waals surface area contributed by atoms with Gasteiger partial charge in [0.15, 0.2) is 5.96 Å². The maximum absolute atomic E-state index is 4.29. The molecule has 0 fully saturated rings. The molecule has 0 radical (unpaired) electrons. The van der Waals surface area contributed by atoms with Crippen LogP contribution in [0.3, 0.4) is 0 Å². The third kappa shape index (κ3) is 4.39. The van der Waals surface area contributed by atoms with E-state index in [4.69, 9.17) is 0 Å².